The Bertz CT molecular complexity index is 497. The molecule has 1 aromatic rings. The molecule has 2 N–H and O–H groups in total. The summed E-state index contributed by atoms with van der Waals surface area (Å²) in [7, 11) is 0. The van der Waals surface area contributed by atoms with Crippen molar-refractivity contribution in [3.8, 4) is 0 Å². The van der Waals surface area contributed by atoms with Gasteiger partial charge in [0.15, 0.2) is 0 Å². The maximum atomic E-state index is 12.0. The van der Waals surface area contributed by atoms with Crippen LogP contribution in [0.2, 0.25) is 0 Å². The Kier molecular flexibility index (Phi) is 3.43. The van der Waals surface area contributed by atoms with Crippen molar-refractivity contribution in [2.45, 2.75) is 25.8 Å². The second kappa shape index (κ2) is 4.72. The van der Waals surface area contributed by atoms with E-state index in [-0.39, 0.29) is 6.04 Å². The summed E-state index contributed by atoms with van der Waals surface area (Å²) < 4.78 is 0.901. The molecule has 96 valence electrons. The second-order valence-corrected chi connectivity index (χ2v) is 5.46. The first-order valence-electron chi connectivity index (χ1n) is 5.76. The van der Waals surface area contributed by atoms with E-state index in [0.29, 0.717) is 12.8 Å². The lowest BCUT2D eigenvalue weighted by atomic mass is 10.0. The quantitative estimate of drug-likeness (QED) is 0.840. The summed E-state index contributed by atoms with van der Waals surface area (Å²) in [6.45, 7) is 1.84. The van der Waals surface area contributed by atoms with Crippen LogP contribution < -0.4 is 5.32 Å². The topological polar surface area (TPSA) is 66.4 Å². The summed E-state index contributed by atoms with van der Waals surface area (Å²) in [6.07, 6.45) is 0.855. The molecule has 0 aromatic heterocycles. The fourth-order valence-corrected chi connectivity index (χ4v) is 2.53. The van der Waals surface area contributed by atoms with Crippen molar-refractivity contribution in [3.05, 3.63) is 34.3 Å². The van der Waals surface area contributed by atoms with Gasteiger partial charge >= 0.3 is 5.97 Å². The molecule has 0 radical (unpaired) electrons. The number of halogens is 1. The van der Waals surface area contributed by atoms with Crippen LogP contribution >= 0.6 is 15.9 Å². The third-order valence-corrected chi connectivity index (χ3v) is 4.04. The van der Waals surface area contributed by atoms with Gasteiger partial charge in [0, 0.05) is 4.47 Å². The van der Waals surface area contributed by atoms with E-state index in [4.69, 9.17) is 5.11 Å². The summed E-state index contributed by atoms with van der Waals surface area (Å²) in [6, 6.07) is 7.34. The highest BCUT2D eigenvalue weighted by Crippen LogP contribution is 2.46. The predicted molar refractivity (Wildman–Crippen MR) is 70.0 cm³/mol. The Morgan fingerprint density at radius 1 is 1.39 bits per heavy atom. The maximum Gasteiger partial charge on any atom is 0.319 e. The molecule has 1 aliphatic carbocycles. The Balaban J connectivity index is 2.09. The number of hydrogen-bond donors (Lipinski definition) is 2. The molecule has 0 saturated heterocycles. The fourth-order valence-electron chi connectivity index (χ4n) is 1.90. The van der Waals surface area contributed by atoms with Crippen molar-refractivity contribution >= 4 is 27.8 Å². The van der Waals surface area contributed by atoms with Crippen molar-refractivity contribution < 1.29 is 14.7 Å². The normalized spacial score (nSPS) is 17.9. The van der Waals surface area contributed by atoms with Crippen molar-refractivity contribution in [2.24, 2.45) is 5.41 Å². The van der Waals surface area contributed by atoms with Crippen LogP contribution in [0.5, 0.6) is 0 Å². The van der Waals surface area contributed by atoms with E-state index in [1.54, 1.807) is 0 Å². The molecule has 18 heavy (non-hydrogen) atoms. The zero-order chi connectivity index (χ0) is 13.3. The van der Waals surface area contributed by atoms with Gasteiger partial charge in [-0.2, -0.15) is 0 Å². The number of carboxylic acid groups (broad SMARTS) is 1. The number of rotatable bonds is 4. The minimum atomic E-state index is -1.19. The fraction of sp³-hybridized carbons (Fsp3) is 0.385. The van der Waals surface area contributed by atoms with E-state index in [1.807, 2.05) is 31.2 Å². The zero-order valence-electron chi connectivity index (χ0n) is 9.94. The van der Waals surface area contributed by atoms with E-state index in [9.17, 15) is 9.59 Å². The maximum absolute atomic E-state index is 12.0. The van der Waals surface area contributed by atoms with Gasteiger partial charge in [0.05, 0.1) is 6.04 Å². The van der Waals surface area contributed by atoms with Crippen LogP contribution in [0.25, 0.3) is 0 Å². The van der Waals surface area contributed by atoms with Gasteiger partial charge in [-0.05, 0) is 31.4 Å². The second-order valence-electron chi connectivity index (χ2n) is 4.60. The number of aliphatic carboxylic acids is 1. The molecule has 0 heterocycles. The van der Waals surface area contributed by atoms with Crippen LogP contribution in [0.1, 0.15) is 31.4 Å². The first-order valence-corrected chi connectivity index (χ1v) is 6.55. The molecule has 0 unspecified atom stereocenters. The molecule has 1 atom stereocenters. The van der Waals surface area contributed by atoms with Gasteiger partial charge < -0.3 is 10.4 Å². The molecule has 1 aromatic carbocycles. The smallest absolute Gasteiger partial charge is 0.319 e. The van der Waals surface area contributed by atoms with Crippen LogP contribution in [-0.4, -0.2) is 17.0 Å². The molecule has 1 aliphatic rings. The Morgan fingerprint density at radius 3 is 2.50 bits per heavy atom. The van der Waals surface area contributed by atoms with Crippen molar-refractivity contribution in [1.82, 2.24) is 5.32 Å². The lowest BCUT2D eigenvalue weighted by molar-refractivity contribution is -0.149. The largest absolute Gasteiger partial charge is 0.480 e. The molecule has 1 fully saturated rings. The third-order valence-electron chi connectivity index (χ3n) is 3.31. The van der Waals surface area contributed by atoms with Crippen molar-refractivity contribution in [1.29, 1.82) is 0 Å². The van der Waals surface area contributed by atoms with E-state index >= 15 is 0 Å². The van der Waals surface area contributed by atoms with Crippen molar-refractivity contribution in [3.63, 3.8) is 0 Å². The molecule has 5 heteroatoms. The number of hydrogen-bond acceptors (Lipinski definition) is 2. The standard InChI is InChI=1S/C13H14BrNO3/c1-8(9-4-2-3-5-10(9)14)15-11(16)13(6-7-13)12(17)18/h2-5,8H,6-7H2,1H3,(H,15,16)(H,17,18)/t8-/m0/s1. The number of nitrogens with one attached hydrogen (secondary N) is 1. The van der Waals surface area contributed by atoms with E-state index < -0.39 is 17.3 Å². The lowest BCUT2D eigenvalue weighted by Crippen LogP contribution is -2.38. The van der Waals surface area contributed by atoms with Gasteiger partial charge in [0.25, 0.3) is 0 Å². The van der Waals surface area contributed by atoms with Crippen LogP contribution in [0.3, 0.4) is 0 Å². The molecule has 0 aliphatic heterocycles. The van der Waals surface area contributed by atoms with Gasteiger partial charge in [-0.1, -0.05) is 34.1 Å². The lowest BCUT2D eigenvalue weighted by Gasteiger charge is -2.18. The van der Waals surface area contributed by atoms with Crippen LogP contribution in [-0.2, 0) is 9.59 Å². The van der Waals surface area contributed by atoms with E-state index in [0.717, 1.165) is 10.0 Å². The Morgan fingerprint density at radius 2 is 2.00 bits per heavy atom. The van der Waals surface area contributed by atoms with Gasteiger partial charge in [-0.15, -0.1) is 0 Å². The molecule has 2 rings (SSSR count). The van der Waals surface area contributed by atoms with Gasteiger partial charge in [-0.25, -0.2) is 0 Å². The summed E-state index contributed by atoms with van der Waals surface area (Å²) in [5.74, 6) is -1.42. The van der Waals surface area contributed by atoms with E-state index in [2.05, 4.69) is 21.2 Å². The zero-order valence-corrected chi connectivity index (χ0v) is 11.5. The minimum absolute atomic E-state index is 0.218. The highest BCUT2D eigenvalue weighted by atomic mass is 79.9. The number of carboxylic acids is 1. The highest BCUT2D eigenvalue weighted by molar-refractivity contribution is 9.10. The monoisotopic (exact) mass is 311 g/mol. The first-order chi connectivity index (χ1) is 8.47. The summed E-state index contributed by atoms with van der Waals surface area (Å²) in [4.78, 5) is 23.0. The van der Waals surface area contributed by atoms with Crippen LogP contribution in [0, 0.1) is 5.41 Å². The number of carbonyl (C=O) groups is 2. The van der Waals surface area contributed by atoms with Gasteiger partial charge in [0.2, 0.25) is 5.91 Å². The summed E-state index contributed by atoms with van der Waals surface area (Å²) in [5, 5.41) is 11.8. The van der Waals surface area contributed by atoms with Crippen LogP contribution in [0.4, 0.5) is 0 Å². The third kappa shape index (κ3) is 2.27. The molecule has 0 bridgehead atoms. The molecule has 4 nitrogen and oxygen atoms in total. The molecule has 1 saturated carbocycles. The van der Waals surface area contributed by atoms with Gasteiger partial charge in [-0.3, -0.25) is 9.59 Å². The average Bonchev–Trinajstić information content (AvgIpc) is 3.10. The summed E-state index contributed by atoms with van der Waals surface area (Å²) in [5.41, 5.74) is -0.248. The Hall–Kier alpha value is -1.36. The molecular weight excluding hydrogens is 298 g/mol. The highest BCUT2D eigenvalue weighted by Gasteiger charge is 2.57. The minimum Gasteiger partial charge on any atom is -0.480 e. The molecule has 1 amide bonds. The number of carbonyl (C=O) groups excluding carboxylic acids is 1. The average molecular weight is 312 g/mol. The Labute approximate surface area is 114 Å². The first kappa shape index (κ1) is 13.1. The predicted octanol–water partition coefficient (Wildman–Crippen LogP) is 2.49. The number of amides is 1. The molecule has 0 spiro atoms. The van der Waals surface area contributed by atoms with E-state index in [1.165, 1.54) is 0 Å². The summed E-state index contributed by atoms with van der Waals surface area (Å²) >= 11 is 3.41. The number of benzene rings is 1. The SMILES string of the molecule is C[C@H](NC(=O)C1(C(=O)O)CC1)c1ccccc1Br. The van der Waals surface area contributed by atoms with Crippen molar-refractivity contribution in [2.75, 3.05) is 0 Å². The van der Waals surface area contributed by atoms with Crippen LogP contribution in [0.15, 0.2) is 28.7 Å². The van der Waals surface area contributed by atoms with Gasteiger partial charge in [0.1, 0.15) is 5.41 Å². The molecular formula is C13H14BrNO3.